The minimum Gasteiger partial charge on any atom is -0.394 e. The summed E-state index contributed by atoms with van der Waals surface area (Å²) in [5.74, 6) is 0. The molecule has 0 aliphatic carbocycles. The normalized spacial score (nSPS) is 18.8. The predicted molar refractivity (Wildman–Crippen MR) is 65.5 cm³/mol. The van der Waals surface area contributed by atoms with Crippen LogP contribution in [0.15, 0.2) is 23.1 Å². The van der Waals surface area contributed by atoms with Crippen LogP contribution >= 0.6 is 0 Å². The molecule has 2 N–H and O–H groups in total. The Labute approximate surface area is 95.7 Å². The van der Waals surface area contributed by atoms with Gasteiger partial charge in [0.2, 0.25) is 0 Å². The Morgan fingerprint density at radius 2 is 2.12 bits per heavy atom. The third-order valence-electron chi connectivity index (χ3n) is 3.40. The van der Waals surface area contributed by atoms with Gasteiger partial charge in [0.25, 0.3) is 5.56 Å². The molecule has 1 saturated heterocycles. The van der Waals surface area contributed by atoms with Gasteiger partial charge in [0.1, 0.15) is 0 Å². The lowest BCUT2D eigenvalue weighted by Gasteiger charge is -2.32. The molecule has 1 aliphatic heterocycles. The zero-order valence-corrected chi connectivity index (χ0v) is 9.72. The molecular weight excluding hydrogens is 202 g/mol. The number of nitrogens with zero attached hydrogens (tertiary/aromatic N) is 2. The average Bonchev–Trinajstić information content (AvgIpc) is 2.33. The van der Waals surface area contributed by atoms with Gasteiger partial charge in [-0.2, -0.15) is 0 Å². The molecule has 2 rings (SSSR count). The van der Waals surface area contributed by atoms with Crippen LogP contribution in [-0.4, -0.2) is 29.1 Å². The summed E-state index contributed by atoms with van der Waals surface area (Å²) in [7, 11) is 0. The second kappa shape index (κ2) is 4.70. The monoisotopic (exact) mass is 221 g/mol. The van der Waals surface area contributed by atoms with E-state index in [1.165, 1.54) is 0 Å². The van der Waals surface area contributed by atoms with E-state index in [9.17, 15) is 4.79 Å². The molecule has 0 bridgehead atoms. The number of nitrogens with two attached hydrogens (primary N) is 1. The van der Waals surface area contributed by atoms with Crippen molar-refractivity contribution in [2.24, 2.45) is 0 Å². The molecule has 1 fully saturated rings. The fraction of sp³-hybridized carbons (Fsp3) is 0.583. The van der Waals surface area contributed by atoms with E-state index >= 15 is 0 Å². The lowest BCUT2D eigenvalue weighted by molar-refractivity contribution is 0.193. The Balaban J connectivity index is 2.14. The minimum atomic E-state index is -0.0440. The Hall–Kier alpha value is -1.29. The number of pyridine rings is 1. The lowest BCUT2D eigenvalue weighted by atomic mass is 10.0. The van der Waals surface area contributed by atoms with Crippen molar-refractivity contribution in [1.29, 1.82) is 0 Å². The van der Waals surface area contributed by atoms with Crippen molar-refractivity contribution in [1.82, 2.24) is 9.47 Å². The Morgan fingerprint density at radius 1 is 1.44 bits per heavy atom. The van der Waals surface area contributed by atoms with Crippen LogP contribution < -0.4 is 11.3 Å². The van der Waals surface area contributed by atoms with Crippen LogP contribution in [0.4, 0.5) is 5.69 Å². The Kier molecular flexibility index (Phi) is 3.29. The van der Waals surface area contributed by atoms with E-state index in [0.717, 1.165) is 32.5 Å². The van der Waals surface area contributed by atoms with Crippen LogP contribution in [0.1, 0.15) is 25.8 Å². The fourth-order valence-electron chi connectivity index (χ4n) is 2.33. The quantitative estimate of drug-likeness (QED) is 0.813. The molecule has 0 amide bonds. The van der Waals surface area contributed by atoms with Gasteiger partial charge in [0, 0.05) is 25.3 Å². The van der Waals surface area contributed by atoms with Gasteiger partial charge in [0.05, 0.1) is 5.69 Å². The topological polar surface area (TPSA) is 51.3 Å². The molecule has 0 atom stereocenters. The van der Waals surface area contributed by atoms with Crippen LogP contribution in [0.3, 0.4) is 0 Å². The number of anilines is 1. The highest BCUT2D eigenvalue weighted by molar-refractivity contribution is 5.33. The van der Waals surface area contributed by atoms with Crippen molar-refractivity contribution in [2.45, 2.75) is 25.8 Å². The van der Waals surface area contributed by atoms with Gasteiger partial charge in [-0.15, -0.1) is 0 Å². The summed E-state index contributed by atoms with van der Waals surface area (Å²) in [5.41, 5.74) is 5.94. The second-order valence-corrected chi connectivity index (χ2v) is 4.34. The zero-order valence-electron chi connectivity index (χ0n) is 9.72. The molecule has 1 aromatic rings. The van der Waals surface area contributed by atoms with E-state index in [1.54, 1.807) is 10.6 Å². The fourth-order valence-corrected chi connectivity index (χ4v) is 2.33. The van der Waals surface area contributed by atoms with E-state index < -0.39 is 0 Å². The van der Waals surface area contributed by atoms with Crippen LogP contribution in [0.5, 0.6) is 0 Å². The molecular formula is C12H19N3O. The third-order valence-corrected chi connectivity index (χ3v) is 3.40. The minimum absolute atomic E-state index is 0.0440. The summed E-state index contributed by atoms with van der Waals surface area (Å²) in [4.78, 5) is 14.3. The van der Waals surface area contributed by atoms with E-state index in [-0.39, 0.29) is 5.56 Å². The maximum Gasteiger partial charge on any atom is 0.273 e. The summed E-state index contributed by atoms with van der Waals surface area (Å²) in [5, 5.41) is 0. The summed E-state index contributed by atoms with van der Waals surface area (Å²) in [6.45, 7) is 5.41. The number of hydrogen-bond donors (Lipinski definition) is 1. The first-order chi connectivity index (χ1) is 7.72. The molecule has 16 heavy (non-hydrogen) atoms. The first-order valence-corrected chi connectivity index (χ1v) is 5.91. The molecule has 0 saturated carbocycles. The lowest BCUT2D eigenvalue weighted by Crippen LogP contribution is -2.37. The average molecular weight is 221 g/mol. The van der Waals surface area contributed by atoms with Crippen molar-refractivity contribution in [2.75, 3.05) is 25.4 Å². The molecule has 0 radical (unpaired) electrons. The molecule has 0 spiro atoms. The number of rotatable bonds is 2. The first kappa shape index (κ1) is 11.2. The van der Waals surface area contributed by atoms with Gasteiger partial charge in [-0.3, -0.25) is 4.79 Å². The van der Waals surface area contributed by atoms with Crippen LogP contribution in [0.2, 0.25) is 0 Å². The van der Waals surface area contributed by atoms with Crippen LogP contribution in [-0.2, 0) is 0 Å². The van der Waals surface area contributed by atoms with E-state index in [2.05, 4.69) is 11.8 Å². The summed E-state index contributed by atoms with van der Waals surface area (Å²) < 4.78 is 1.79. The highest BCUT2D eigenvalue weighted by Crippen LogP contribution is 2.20. The highest BCUT2D eigenvalue weighted by atomic mass is 16.1. The largest absolute Gasteiger partial charge is 0.394 e. The number of hydrogen-bond acceptors (Lipinski definition) is 3. The van der Waals surface area contributed by atoms with Gasteiger partial charge in [-0.1, -0.05) is 6.92 Å². The number of piperidine rings is 1. The first-order valence-electron chi connectivity index (χ1n) is 5.91. The maximum atomic E-state index is 11.8. The third kappa shape index (κ3) is 2.11. The van der Waals surface area contributed by atoms with Gasteiger partial charge in [0.15, 0.2) is 0 Å². The molecule has 0 aromatic carbocycles. The van der Waals surface area contributed by atoms with Crippen LogP contribution in [0, 0.1) is 0 Å². The molecule has 1 aromatic heterocycles. The summed E-state index contributed by atoms with van der Waals surface area (Å²) in [6, 6.07) is 3.84. The van der Waals surface area contributed by atoms with Gasteiger partial charge in [-0.25, -0.2) is 0 Å². The van der Waals surface area contributed by atoms with E-state index in [4.69, 9.17) is 5.73 Å². The second-order valence-electron chi connectivity index (χ2n) is 4.34. The van der Waals surface area contributed by atoms with Crippen molar-refractivity contribution < 1.29 is 0 Å². The number of nitrogen functional groups attached to an aromatic ring is 1. The molecule has 1 aliphatic rings. The SMILES string of the molecule is CCN1CCC(n2cccc(N)c2=O)CC1. The highest BCUT2D eigenvalue weighted by Gasteiger charge is 2.20. The summed E-state index contributed by atoms with van der Waals surface area (Å²) in [6.07, 6.45) is 3.93. The summed E-state index contributed by atoms with van der Waals surface area (Å²) >= 11 is 0. The van der Waals surface area contributed by atoms with Gasteiger partial charge in [-0.05, 0) is 31.5 Å². The Bertz CT molecular complexity index is 405. The van der Waals surface area contributed by atoms with Crippen molar-refractivity contribution in [3.8, 4) is 0 Å². The van der Waals surface area contributed by atoms with Gasteiger partial charge < -0.3 is 15.2 Å². The van der Waals surface area contributed by atoms with Crippen molar-refractivity contribution in [3.63, 3.8) is 0 Å². The predicted octanol–water partition coefficient (Wildman–Crippen LogP) is 1.09. The molecule has 4 nitrogen and oxygen atoms in total. The maximum absolute atomic E-state index is 11.8. The van der Waals surface area contributed by atoms with Crippen molar-refractivity contribution >= 4 is 5.69 Å². The zero-order chi connectivity index (χ0) is 11.5. The van der Waals surface area contributed by atoms with Crippen molar-refractivity contribution in [3.05, 3.63) is 28.7 Å². The molecule has 4 heteroatoms. The molecule has 0 unspecified atom stereocenters. The van der Waals surface area contributed by atoms with Crippen LogP contribution in [0.25, 0.3) is 0 Å². The van der Waals surface area contributed by atoms with E-state index in [1.807, 2.05) is 12.3 Å². The standard InChI is InChI=1S/C12H19N3O/c1-2-14-8-5-10(6-9-14)15-7-3-4-11(13)12(15)16/h3-4,7,10H,2,5-6,8-9,13H2,1H3. The number of aromatic nitrogens is 1. The van der Waals surface area contributed by atoms with E-state index in [0.29, 0.717) is 11.7 Å². The molecule has 88 valence electrons. The van der Waals surface area contributed by atoms with Gasteiger partial charge >= 0.3 is 0 Å². The Morgan fingerprint density at radius 3 is 2.75 bits per heavy atom. The number of likely N-dealkylation sites (tertiary alicyclic amines) is 1. The smallest absolute Gasteiger partial charge is 0.273 e. The molecule has 2 heterocycles.